The van der Waals surface area contributed by atoms with Gasteiger partial charge < -0.3 is 15.3 Å². The van der Waals surface area contributed by atoms with E-state index < -0.39 is 6.10 Å². The number of carbonyl (C=O) groups is 1. The van der Waals surface area contributed by atoms with Crippen LogP contribution in [0.2, 0.25) is 0 Å². The molecule has 1 saturated carbocycles. The van der Waals surface area contributed by atoms with E-state index in [2.05, 4.69) is 15.3 Å². The molecule has 1 aliphatic carbocycles. The molecule has 0 aliphatic heterocycles. The maximum Gasteiger partial charge on any atom is 0.239 e. The maximum absolute atomic E-state index is 12.0. The molecule has 0 radical (unpaired) electrons. The van der Waals surface area contributed by atoms with Gasteiger partial charge in [-0.3, -0.25) is 4.79 Å². The van der Waals surface area contributed by atoms with Crippen LogP contribution in [0.25, 0.3) is 0 Å². The number of aliphatic hydroxyl groups excluding tert-OH is 1. The van der Waals surface area contributed by atoms with Gasteiger partial charge in [-0.05, 0) is 18.9 Å². The summed E-state index contributed by atoms with van der Waals surface area (Å²) in [5, 5.41) is 12.9. The minimum absolute atomic E-state index is 0.106. The monoisotopic (exact) mass is 278 g/mol. The van der Waals surface area contributed by atoms with Crippen molar-refractivity contribution in [1.82, 2.24) is 15.3 Å². The van der Waals surface area contributed by atoms with Gasteiger partial charge in [0.1, 0.15) is 0 Å². The second-order valence-electron chi connectivity index (χ2n) is 5.28. The number of carbonyl (C=O) groups excluding carboxylic acids is 1. The van der Waals surface area contributed by atoms with Gasteiger partial charge in [-0.2, -0.15) is 0 Å². The first-order valence-electron chi connectivity index (χ1n) is 7.12. The number of nitrogens with one attached hydrogen (secondary N) is 1. The lowest BCUT2D eigenvalue weighted by molar-refractivity contribution is -0.121. The van der Waals surface area contributed by atoms with Gasteiger partial charge in [0.2, 0.25) is 11.9 Å². The number of nitrogens with zero attached hydrogens (tertiary/aromatic N) is 3. The minimum atomic E-state index is -0.431. The number of hydrogen-bond donors (Lipinski definition) is 2. The highest BCUT2D eigenvalue weighted by Crippen LogP contribution is 2.18. The Balaban J connectivity index is 1.85. The predicted octanol–water partition coefficient (Wildman–Crippen LogP) is 0.723. The molecular formula is C14H22N4O2. The van der Waals surface area contributed by atoms with Crippen molar-refractivity contribution >= 4 is 11.9 Å². The lowest BCUT2D eigenvalue weighted by Crippen LogP contribution is -2.46. The average Bonchev–Trinajstić information content (AvgIpc) is 2.65. The molecule has 20 heavy (non-hydrogen) atoms. The molecule has 1 aliphatic rings. The molecule has 2 N–H and O–H groups in total. The maximum atomic E-state index is 12.0. The lowest BCUT2D eigenvalue weighted by Gasteiger charge is -2.23. The van der Waals surface area contributed by atoms with Crippen LogP contribution < -0.4 is 10.2 Å². The van der Waals surface area contributed by atoms with Crippen LogP contribution in [0, 0.1) is 0 Å². The molecule has 1 aromatic rings. The molecule has 2 atom stereocenters. The third-order valence-corrected chi connectivity index (χ3v) is 3.60. The van der Waals surface area contributed by atoms with Gasteiger partial charge in [0, 0.05) is 19.4 Å². The minimum Gasteiger partial charge on any atom is -0.391 e. The summed E-state index contributed by atoms with van der Waals surface area (Å²) in [6.45, 7) is 0.188. The second kappa shape index (κ2) is 7.19. The van der Waals surface area contributed by atoms with E-state index in [9.17, 15) is 9.90 Å². The standard InChI is InChI=1S/C14H22N4O2/c1-18(14-15-8-5-9-16-14)10-13(20)17-11-6-3-2-4-7-12(11)19/h5,8-9,11-12,19H,2-4,6-7,10H2,1H3,(H,17,20). The SMILES string of the molecule is CN(CC(=O)NC1CCCCCC1O)c1ncccn1. The summed E-state index contributed by atoms with van der Waals surface area (Å²) in [4.78, 5) is 21.9. The first-order chi connectivity index (χ1) is 9.66. The Morgan fingerprint density at radius 2 is 2.05 bits per heavy atom. The first-order valence-corrected chi connectivity index (χ1v) is 7.12. The molecule has 2 rings (SSSR count). The molecule has 0 spiro atoms. The first kappa shape index (κ1) is 14.7. The van der Waals surface area contributed by atoms with Crippen LogP contribution in [-0.4, -0.2) is 46.7 Å². The van der Waals surface area contributed by atoms with Gasteiger partial charge in [-0.1, -0.05) is 19.3 Å². The molecule has 1 aromatic heterocycles. The zero-order chi connectivity index (χ0) is 14.4. The van der Waals surface area contributed by atoms with E-state index in [-0.39, 0.29) is 18.5 Å². The van der Waals surface area contributed by atoms with E-state index in [1.165, 1.54) is 0 Å². The number of aromatic nitrogens is 2. The number of likely N-dealkylation sites (N-methyl/N-ethyl adjacent to an activating group) is 1. The molecule has 6 heteroatoms. The van der Waals surface area contributed by atoms with Crippen molar-refractivity contribution in [2.45, 2.75) is 44.2 Å². The highest BCUT2D eigenvalue weighted by atomic mass is 16.3. The Bertz CT molecular complexity index is 426. The molecule has 0 bridgehead atoms. The number of aliphatic hydroxyl groups is 1. The van der Waals surface area contributed by atoms with Crippen molar-refractivity contribution in [3.8, 4) is 0 Å². The van der Waals surface area contributed by atoms with Crippen LogP contribution >= 0.6 is 0 Å². The largest absolute Gasteiger partial charge is 0.391 e. The van der Waals surface area contributed by atoms with Crippen molar-refractivity contribution in [3.63, 3.8) is 0 Å². The van der Waals surface area contributed by atoms with Crippen LogP contribution in [0.4, 0.5) is 5.95 Å². The molecule has 110 valence electrons. The Kier molecular flexibility index (Phi) is 5.29. The summed E-state index contributed by atoms with van der Waals surface area (Å²) in [6, 6.07) is 1.61. The van der Waals surface area contributed by atoms with Gasteiger partial charge in [-0.25, -0.2) is 9.97 Å². The highest BCUT2D eigenvalue weighted by molar-refractivity contribution is 5.80. The topological polar surface area (TPSA) is 78.4 Å². The highest BCUT2D eigenvalue weighted by Gasteiger charge is 2.23. The predicted molar refractivity (Wildman–Crippen MR) is 76.3 cm³/mol. The average molecular weight is 278 g/mol. The summed E-state index contributed by atoms with van der Waals surface area (Å²) in [6.07, 6.45) is 7.69. The van der Waals surface area contributed by atoms with Gasteiger partial charge in [0.25, 0.3) is 0 Å². The third kappa shape index (κ3) is 4.16. The molecule has 6 nitrogen and oxygen atoms in total. The van der Waals surface area contributed by atoms with E-state index in [1.807, 2.05) is 0 Å². The van der Waals surface area contributed by atoms with Crippen molar-refractivity contribution in [2.75, 3.05) is 18.5 Å². The van der Waals surface area contributed by atoms with Gasteiger partial charge in [-0.15, -0.1) is 0 Å². The third-order valence-electron chi connectivity index (χ3n) is 3.60. The second-order valence-corrected chi connectivity index (χ2v) is 5.28. The summed E-state index contributed by atoms with van der Waals surface area (Å²) >= 11 is 0. The van der Waals surface area contributed by atoms with Crippen molar-refractivity contribution < 1.29 is 9.90 Å². The summed E-state index contributed by atoms with van der Waals surface area (Å²) < 4.78 is 0. The Hall–Kier alpha value is -1.69. The quantitative estimate of drug-likeness (QED) is 0.794. The van der Waals surface area contributed by atoms with Crippen LogP contribution in [0.15, 0.2) is 18.5 Å². The number of rotatable bonds is 4. The molecule has 1 amide bonds. The van der Waals surface area contributed by atoms with E-state index >= 15 is 0 Å². The molecule has 0 aromatic carbocycles. The zero-order valence-electron chi connectivity index (χ0n) is 11.8. The molecule has 2 unspecified atom stereocenters. The Labute approximate surface area is 119 Å². The number of hydrogen-bond acceptors (Lipinski definition) is 5. The van der Waals surface area contributed by atoms with Crippen LogP contribution in [-0.2, 0) is 4.79 Å². The normalized spacial score (nSPS) is 22.9. The fourth-order valence-corrected chi connectivity index (χ4v) is 2.48. The zero-order valence-corrected chi connectivity index (χ0v) is 11.8. The Morgan fingerprint density at radius 3 is 2.80 bits per heavy atom. The van der Waals surface area contributed by atoms with Crippen LogP contribution in [0.5, 0.6) is 0 Å². The van der Waals surface area contributed by atoms with Crippen molar-refractivity contribution in [1.29, 1.82) is 0 Å². The molecule has 0 saturated heterocycles. The van der Waals surface area contributed by atoms with E-state index in [0.717, 1.165) is 32.1 Å². The van der Waals surface area contributed by atoms with Gasteiger partial charge in [0.05, 0.1) is 18.7 Å². The van der Waals surface area contributed by atoms with Crippen LogP contribution in [0.3, 0.4) is 0 Å². The molecular weight excluding hydrogens is 256 g/mol. The van der Waals surface area contributed by atoms with Crippen molar-refractivity contribution in [3.05, 3.63) is 18.5 Å². The van der Waals surface area contributed by atoms with E-state index in [0.29, 0.717) is 5.95 Å². The number of amides is 1. The smallest absolute Gasteiger partial charge is 0.239 e. The van der Waals surface area contributed by atoms with Gasteiger partial charge >= 0.3 is 0 Å². The summed E-state index contributed by atoms with van der Waals surface area (Å²) in [5.74, 6) is 0.412. The van der Waals surface area contributed by atoms with Gasteiger partial charge in [0.15, 0.2) is 0 Å². The fraction of sp³-hybridized carbons (Fsp3) is 0.643. The Morgan fingerprint density at radius 1 is 1.35 bits per heavy atom. The summed E-state index contributed by atoms with van der Waals surface area (Å²) in [5.41, 5.74) is 0. The number of anilines is 1. The van der Waals surface area contributed by atoms with Crippen LogP contribution in [0.1, 0.15) is 32.1 Å². The molecule has 1 heterocycles. The fourth-order valence-electron chi connectivity index (χ4n) is 2.48. The summed E-state index contributed by atoms with van der Waals surface area (Å²) in [7, 11) is 1.78. The molecule has 1 fully saturated rings. The van der Waals surface area contributed by atoms with E-state index in [4.69, 9.17) is 0 Å². The van der Waals surface area contributed by atoms with Crippen molar-refractivity contribution in [2.24, 2.45) is 0 Å². The lowest BCUT2D eigenvalue weighted by atomic mass is 10.1. The van der Waals surface area contributed by atoms with E-state index in [1.54, 1.807) is 30.4 Å².